The molecule has 0 aliphatic carbocycles. The van der Waals surface area contributed by atoms with E-state index in [2.05, 4.69) is 69.2 Å². The largest absolute Gasteiger partial charge is 0.219 e. The third kappa shape index (κ3) is 2.05. The minimum Gasteiger partial charge on any atom is -0.197 e. The summed E-state index contributed by atoms with van der Waals surface area (Å²) in [5, 5.41) is 0. The smallest absolute Gasteiger partial charge is 0.197 e. The number of rotatable bonds is 1. The Morgan fingerprint density at radius 3 is 2.59 bits per heavy atom. The van der Waals surface area contributed by atoms with E-state index in [-0.39, 0.29) is 0 Å². The summed E-state index contributed by atoms with van der Waals surface area (Å²) in [5.41, 5.74) is 4.01. The number of nitrogens with zero attached hydrogens (tertiary/aromatic N) is 1. The number of halogens is 1. The number of hydrogen-bond donors (Lipinski definition) is 0. The standard InChI is InChI=1S/C15H13BrN/c16-14-7-3-4-8-15(14)17-10-9-12-5-1-2-6-13(12)11-17/h1-8,11H,9-10H2/q+1. The molecule has 0 atom stereocenters. The maximum absolute atomic E-state index is 3.61. The third-order valence-electron chi connectivity index (χ3n) is 3.13. The number of hydrogen-bond acceptors (Lipinski definition) is 0. The van der Waals surface area contributed by atoms with Crippen LogP contribution >= 0.6 is 15.9 Å². The highest BCUT2D eigenvalue weighted by molar-refractivity contribution is 9.10. The molecule has 1 nitrogen and oxygen atoms in total. The predicted octanol–water partition coefficient (Wildman–Crippen LogP) is 3.77. The lowest BCUT2D eigenvalue weighted by Crippen LogP contribution is -2.18. The summed E-state index contributed by atoms with van der Waals surface area (Å²) in [6, 6.07) is 17.0. The van der Waals surface area contributed by atoms with Crippen LogP contribution in [0.4, 0.5) is 5.69 Å². The van der Waals surface area contributed by atoms with Crippen molar-refractivity contribution in [3.05, 3.63) is 64.1 Å². The lowest BCUT2D eigenvalue weighted by atomic mass is 10.0. The highest BCUT2D eigenvalue weighted by Crippen LogP contribution is 2.26. The molecule has 0 amide bonds. The molecule has 0 aromatic heterocycles. The first kappa shape index (κ1) is 10.7. The first-order chi connectivity index (χ1) is 8.34. The molecule has 1 aliphatic heterocycles. The number of fused-ring (bicyclic) bond motifs is 1. The Labute approximate surface area is 110 Å². The molecule has 3 rings (SSSR count). The molecule has 0 spiro atoms. The summed E-state index contributed by atoms with van der Waals surface area (Å²) >= 11 is 3.61. The van der Waals surface area contributed by atoms with E-state index in [4.69, 9.17) is 0 Å². The van der Waals surface area contributed by atoms with Crippen molar-refractivity contribution in [3.8, 4) is 0 Å². The Morgan fingerprint density at radius 1 is 0.941 bits per heavy atom. The van der Waals surface area contributed by atoms with Gasteiger partial charge in [-0.15, -0.1) is 0 Å². The zero-order valence-corrected chi connectivity index (χ0v) is 11.0. The Kier molecular flexibility index (Phi) is 2.81. The molecular formula is C15H13BrN+. The molecule has 1 heterocycles. The topological polar surface area (TPSA) is 3.01 Å². The van der Waals surface area contributed by atoms with Crippen molar-refractivity contribution in [1.82, 2.24) is 0 Å². The maximum atomic E-state index is 3.61. The van der Waals surface area contributed by atoms with Gasteiger partial charge in [0.25, 0.3) is 0 Å². The van der Waals surface area contributed by atoms with Crippen molar-refractivity contribution in [2.45, 2.75) is 6.42 Å². The lowest BCUT2D eigenvalue weighted by molar-refractivity contribution is -0.437. The van der Waals surface area contributed by atoms with Crippen LogP contribution in [-0.2, 0) is 6.42 Å². The summed E-state index contributed by atoms with van der Waals surface area (Å²) < 4.78 is 3.46. The molecule has 2 heteroatoms. The van der Waals surface area contributed by atoms with E-state index >= 15 is 0 Å². The molecule has 17 heavy (non-hydrogen) atoms. The van der Waals surface area contributed by atoms with E-state index in [0.717, 1.165) is 17.4 Å². The first-order valence-corrected chi connectivity index (χ1v) is 6.58. The third-order valence-corrected chi connectivity index (χ3v) is 3.80. The van der Waals surface area contributed by atoms with Gasteiger partial charge in [0, 0.05) is 18.1 Å². The second-order valence-electron chi connectivity index (χ2n) is 4.22. The van der Waals surface area contributed by atoms with Gasteiger partial charge in [0.1, 0.15) is 0 Å². The van der Waals surface area contributed by atoms with E-state index in [1.807, 2.05) is 6.07 Å². The second kappa shape index (κ2) is 4.46. The van der Waals surface area contributed by atoms with Crippen molar-refractivity contribution in [1.29, 1.82) is 0 Å². The van der Waals surface area contributed by atoms with E-state index in [1.54, 1.807) is 0 Å². The molecule has 0 radical (unpaired) electrons. The van der Waals surface area contributed by atoms with Gasteiger partial charge in [-0.25, -0.2) is 0 Å². The SMILES string of the molecule is Brc1ccccc1[N+]1=Cc2ccccc2CC1. The van der Waals surface area contributed by atoms with Gasteiger partial charge in [0.2, 0.25) is 5.69 Å². The molecule has 0 bridgehead atoms. The number of para-hydroxylation sites is 1. The van der Waals surface area contributed by atoms with Crippen molar-refractivity contribution >= 4 is 27.8 Å². The summed E-state index contributed by atoms with van der Waals surface area (Å²) in [6.45, 7) is 1.04. The van der Waals surface area contributed by atoms with Gasteiger partial charge in [-0.2, -0.15) is 4.58 Å². The van der Waals surface area contributed by atoms with Crippen LogP contribution in [0.15, 0.2) is 53.0 Å². The first-order valence-electron chi connectivity index (χ1n) is 5.78. The minimum atomic E-state index is 1.04. The minimum absolute atomic E-state index is 1.04. The quantitative estimate of drug-likeness (QED) is 0.702. The Balaban J connectivity index is 2.08. The molecule has 0 saturated carbocycles. The monoisotopic (exact) mass is 286 g/mol. The van der Waals surface area contributed by atoms with Crippen molar-refractivity contribution in [3.63, 3.8) is 0 Å². The molecule has 1 aliphatic rings. The molecule has 84 valence electrons. The van der Waals surface area contributed by atoms with Crippen LogP contribution in [0.2, 0.25) is 0 Å². The fourth-order valence-electron chi connectivity index (χ4n) is 2.24. The number of benzene rings is 2. The highest BCUT2D eigenvalue weighted by atomic mass is 79.9. The van der Waals surface area contributed by atoms with E-state index in [1.165, 1.54) is 16.8 Å². The van der Waals surface area contributed by atoms with Crippen LogP contribution in [0, 0.1) is 0 Å². The maximum Gasteiger partial charge on any atom is 0.219 e. The summed E-state index contributed by atoms with van der Waals surface area (Å²) in [5.74, 6) is 0. The summed E-state index contributed by atoms with van der Waals surface area (Å²) in [7, 11) is 0. The summed E-state index contributed by atoms with van der Waals surface area (Å²) in [6.07, 6.45) is 3.34. The van der Waals surface area contributed by atoms with Gasteiger partial charge < -0.3 is 0 Å². The highest BCUT2D eigenvalue weighted by Gasteiger charge is 2.18. The summed E-state index contributed by atoms with van der Waals surface area (Å²) in [4.78, 5) is 0. The van der Waals surface area contributed by atoms with Crippen LogP contribution in [0.1, 0.15) is 11.1 Å². The molecule has 2 aromatic carbocycles. The van der Waals surface area contributed by atoms with Crippen LogP contribution < -0.4 is 0 Å². The van der Waals surface area contributed by atoms with Crippen LogP contribution in [0.5, 0.6) is 0 Å². The molecule has 0 saturated heterocycles. The second-order valence-corrected chi connectivity index (χ2v) is 5.08. The Bertz CT molecular complexity index is 587. The molecule has 0 unspecified atom stereocenters. The van der Waals surface area contributed by atoms with Crippen molar-refractivity contribution in [2.24, 2.45) is 0 Å². The fourth-order valence-corrected chi connectivity index (χ4v) is 2.75. The van der Waals surface area contributed by atoms with Crippen LogP contribution in [0.25, 0.3) is 0 Å². The molecule has 0 fully saturated rings. The van der Waals surface area contributed by atoms with Gasteiger partial charge in [-0.05, 0) is 33.6 Å². The zero-order valence-electron chi connectivity index (χ0n) is 9.44. The van der Waals surface area contributed by atoms with E-state index in [0.29, 0.717) is 0 Å². The van der Waals surface area contributed by atoms with Gasteiger partial charge in [-0.1, -0.05) is 30.3 Å². The van der Waals surface area contributed by atoms with Crippen LogP contribution in [-0.4, -0.2) is 17.3 Å². The van der Waals surface area contributed by atoms with Crippen molar-refractivity contribution < 1.29 is 4.58 Å². The lowest BCUT2D eigenvalue weighted by Gasteiger charge is -2.12. The fraction of sp³-hybridized carbons (Fsp3) is 0.133. The van der Waals surface area contributed by atoms with Gasteiger partial charge in [-0.3, -0.25) is 0 Å². The van der Waals surface area contributed by atoms with Gasteiger partial charge >= 0.3 is 0 Å². The van der Waals surface area contributed by atoms with E-state index in [9.17, 15) is 0 Å². The predicted molar refractivity (Wildman–Crippen MR) is 74.2 cm³/mol. The van der Waals surface area contributed by atoms with Gasteiger partial charge in [0.05, 0.1) is 4.47 Å². The zero-order chi connectivity index (χ0) is 11.7. The molecule has 0 N–H and O–H groups in total. The van der Waals surface area contributed by atoms with Gasteiger partial charge in [0.15, 0.2) is 12.8 Å². The van der Waals surface area contributed by atoms with Crippen molar-refractivity contribution in [2.75, 3.05) is 6.54 Å². The normalized spacial score (nSPS) is 14.1. The molecular weight excluding hydrogens is 274 g/mol. The molecule has 2 aromatic rings. The average Bonchev–Trinajstić information content (AvgIpc) is 2.39. The Hall–Kier alpha value is -1.41. The van der Waals surface area contributed by atoms with E-state index < -0.39 is 0 Å². The van der Waals surface area contributed by atoms with Crippen LogP contribution in [0.3, 0.4) is 0 Å². The Morgan fingerprint density at radius 2 is 1.71 bits per heavy atom. The average molecular weight is 287 g/mol.